The van der Waals surface area contributed by atoms with Crippen molar-refractivity contribution in [2.45, 2.75) is 64.1 Å². The van der Waals surface area contributed by atoms with E-state index in [1.54, 1.807) is 0 Å². The third-order valence-corrected chi connectivity index (χ3v) is 7.33. The van der Waals surface area contributed by atoms with Crippen molar-refractivity contribution in [3.8, 4) is 0 Å². The summed E-state index contributed by atoms with van der Waals surface area (Å²) in [5.41, 5.74) is 5.53. The van der Waals surface area contributed by atoms with E-state index in [4.69, 9.17) is 0 Å². The molecule has 5 heteroatoms. The number of likely N-dealkylation sites (N-methyl/N-ethyl adjacent to an activating group) is 1. The summed E-state index contributed by atoms with van der Waals surface area (Å²) in [6, 6.07) is 11.2. The summed E-state index contributed by atoms with van der Waals surface area (Å²) >= 11 is 0. The Balaban J connectivity index is 1.65. The molecule has 1 saturated heterocycles. The van der Waals surface area contributed by atoms with Crippen LogP contribution in [-0.2, 0) is 17.8 Å². The van der Waals surface area contributed by atoms with E-state index in [1.807, 2.05) is 0 Å². The largest absolute Gasteiger partial charge is 0.344 e. The summed E-state index contributed by atoms with van der Waals surface area (Å²) in [6.07, 6.45) is 4.40. The van der Waals surface area contributed by atoms with Crippen LogP contribution in [0.15, 0.2) is 36.4 Å². The molecule has 0 spiro atoms. The van der Waals surface area contributed by atoms with E-state index in [1.165, 1.54) is 47.2 Å². The summed E-state index contributed by atoms with van der Waals surface area (Å²) in [4.78, 5) is 14.1. The zero-order chi connectivity index (χ0) is 21.7. The second kappa shape index (κ2) is 7.86. The number of hydrogen-bond acceptors (Lipinski definition) is 2. The third kappa shape index (κ3) is 3.30. The van der Waals surface area contributed by atoms with Gasteiger partial charge in [0.2, 0.25) is 0 Å². The van der Waals surface area contributed by atoms with Crippen LogP contribution in [0.5, 0.6) is 0 Å². The minimum atomic E-state index is -0.596. The number of aldehydes is 1. The van der Waals surface area contributed by atoms with Crippen LogP contribution in [0.2, 0.25) is 0 Å². The predicted octanol–water partition coefficient (Wildman–Crippen LogP) is 5.68. The first-order chi connectivity index (χ1) is 15.0. The molecular formula is C26H28F2N2O. The molecule has 5 rings (SSSR count). The number of halogens is 2. The van der Waals surface area contributed by atoms with Crippen molar-refractivity contribution in [2.75, 3.05) is 6.54 Å². The standard InChI is InChI=1S/C26H28F2N2O/c1-3-29-19-6-9-24(29)26-21-12-16(2)4-8-23(21)30(25(26)14-19)15-17(10-11-31)20-7-5-18(27)13-22(20)28/h4-5,7-8,11-13,17,19,24H,3,6,9-10,14-15H2,1-2H3. The number of benzene rings is 2. The van der Waals surface area contributed by atoms with Crippen LogP contribution in [0.1, 0.15) is 60.5 Å². The Bertz CT molecular complexity index is 1150. The van der Waals surface area contributed by atoms with Gasteiger partial charge >= 0.3 is 0 Å². The van der Waals surface area contributed by atoms with Gasteiger partial charge in [-0.1, -0.05) is 24.6 Å². The number of nitrogens with zero attached hydrogens (tertiary/aromatic N) is 2. The van der Waals surface area contributed by atoms with E-state index in [0.717, 1.165) is 30.8 Å². The van der Waals surface area contributed by atoms with Gasteiger partial charge in [0.1, 0.15) is 17.9 Å². The number of aryl methyl sites for hydroxylation is 1. The van der Waals surface area contributed by atoms with Crippen molar-refractivity contribution in [1.29, 1.82) is 0 Å². The van der Waals surface area contributed by atoms with Crippen LogP contribution >= 0.6 is 0 Å². The van der Waals surface area contributed by atoms with Crippen molar-refractivity contribution in [3.05, 3.63) is 70.4 Å². The van der Waals surface area contributed by atoms with Gasteiger partial charge in [0.25, 0.3) is 0 Å². The maximum Gasteiger partial charge on any atom is 0.129 e. The molecule has 1 fully saturated rings. The van der Waals surface area contributed by atoms with Gasteiger partial charge in [-0.2, -0.15) is 0 Å². The molecule has 2 aliphatic heterocycles. The third-order valence-electron chi connectivity index (χ3n) is 7.33. The van der Waals surface area contributed by atoms with E-state index in [-0.39, 0.29) is 12.3 Å². The molecular weight excluding hydrogens is 394 g/mol. The average Bonchev–Trinajstić information content (AvgIpc) is 3.20. The van der Waals surface area contributed by atoms with E-state index >= 15 is 0 Å². The molecule has 3 nitrogen and oxygen atoms in total. The molecule has 31 heavy (non-hydrogen) atoms. The molecule has 162 valence electrons. The van der Waals surface area contributed by atoms with Crippen LogP contribution in [0.4, 0.5) is 8.78 Å². The van der Waals surface area contributed by atoms with Crippen LogP contribution in [0.3, 0.4) is 0 Å². The zero-order valence-corrected chi connectivity index (χ0v) is 18.1. The maximum absolute atomic E-state index is 14.6. The van der Waals surface area contributed by atoms with E-state index in [9.17, 15) is 13.6 Å². The minimum Gasteiger partial charge on any atom is -0.344 e. The van der Waals surface area contributed by atoms with E-state index < -0.39 is 11.6 Å². The summed E-state index contributed by atoms with van der Waals surface area (Å²) in [7, 11) is 0. The fourth-order valence-electron chi connectivity index (χ4n) is 5.98. The molecule has 2 aromatic carbocycles. The monoisotopic (exact) mass is 422 g/mol. The molecule has 0 amide bonds. The van der Waals surface area contributed by atoms with Crippen molar-refractivity contribution >= 4 is 17.2 Å². The zero-order valence-electron chi connectivity index (χ0n) is 18.1. The highest BCUT2D eigenvalue weighted by Crippen LogP contribution is 2.48. The summed E-state index contributed by atoms with van der Waals surface area (Å²) in [5.74, 6) is -1.51. The van der Waals surface area contributed by atoms with Crippen LogP contribution in [0, 0.1) is 18.6 Å². The highest BCUT2D eigenvalue weighted by molar-refractivity contribution is 5.87. The van der Waals surface area contributed by atoms with Gasteiger partial charge in [0.05, 0.1) is 0 Å². The number of carbonyl (C=O) groups is 1. The smallest absolute Gasteiger partial charge is 0.129 e. The second-order valence-electron chi connectivity index (χ2n) is 9.04. The molecule has 3 heterocycles. The molecule has 3 atom stereocenters. The van der Waals surface area contributed by atoms with Gasteiger partial charge < -0.3 is 9.36 Å². The quantitative estimate of drug-likeness (QED) is 0.478. The summed E-state index contributed by atoms with van der Waals surface area (Å²) in [5, 5.41) is 1.28. The molecule has 2 aliphatic rings. The Hall–Kier alpha value is -2.53. The Morgan fingerprint density at radius 1 is 1.16 bits per heavy atom. The Morgan fingerprint density at radius 3 is 2.74 bits per heavy atom. The first-order valence-corrected chi connectivity index (χ1v) is 11.3. The number of carbonyl (C=O) groups excluding carboxylic acids is 1. The first-order valence-electron chi connectivity index (χ1n) is 11.3. The number of hydrogen-bond donors (Lipinski definition) is 0. The van der Waals surface area contributed by atoms with Crippen LogP contribution < -0.4 is 0 Å². The Morgan fingerprint density at radius 2 is 2.00 bits per heavy atom. The lowest BCUT2D eigenvalue weighted by atomic mass is 9.94. The molecule has 3 unspecified atom stereocenters. The minimum absolute atomic E-state index is 0.205. The van der Waals surface area contributed by atoms with Gasteiger partial charge in [-0.3, -0.25) is 4.90 Å². The fraction of sp³-hybridized carbons (Fsp3) is 0.423. The highest BCUT2D eigenvalue weighted by atomic mass is 19.1. The number of aromatic nitrogens is 1. The molecule has 1 aromatic heterocycles. The number of fused-ring (bicyclic) bond motifs is 6. The van der Waals surface area contributed by atoms with Crippen LogP contribution in [0.25, 0.3) is 10.9 Å². The molecule has 0 N–H and O–H groups in total. The van der Waals surface area contributed by atoms with Gasteiger partial charge in [0, 0.05) is 60.1 Å². The number of rotatable bonds is 6. The van der Waals surface area contributed by atoms with Gasteiger partial charge in [-0.25, -0.2) is 8.78 Å². The Kier molecular flexibility index (Phi) is 5.17. The van der Waals surface area contributed by atoms with Gasteiger partial charge in [-0.05, 0) is 55.6 Å². The van der Waals surface area contributed by atoms with Crippen molar-refractivity contribution in [2.24, 2.45) is 0 Å². The lowest BCUT2D eigenvalue weighted by molar-refractivity contribution is -0.108. The SMILES string of the molecule is CCN1C2CCC1c1c(n(CC(CC=O)c3ccc(F)cc3F)c3ccc(C)cc13)C2. The lowest BCUT2D eigenvalue weighted by Crippen LogP contribution is -2.37. The van der Waals surface area contributed by atoms with Gasteiger partial charge in [0.15, 0.2) is 0 Å². The molecule has 0 aliphatic carbocycles. The van der Waals surface area contributed by atoms with Crippen LogP contribution in [-0.4, -0.2) is 28.3 Å². The van der Waals surface area contributed by atoms with Crippen molar-refractivity contribution in [3.63, 3.8) is 0 Å². The molecule has 0 radical (unpaired) electrons. The lowest BCUT2D eigenvalue weighted by Gasteiger charge is -2.35. The Labute approximate surface area is 181 Å². The summed E-state index contributed by atoms with van der Waals surface area (Å²) in [6.45, 7) is 5.91. The molecule has 2 bridgehead atoms. The topological polar surface area (TPSA) is 25.2 Å². The second-order valence-corrected chi connectivity index (χ2v) is 9.04. The predicted molar refractivity (Wildman–Crippen MR) is 118 cm³/mol. The first kappa shape index (κ1) is 20.4. The van der Waals surface area contributed by atoms with Crippen molar-refractivity contribution < 1.29 is 13.6 Å². The average molecular weight is 423 g/mol. The van der Waals surface area contributed by atoms with Crippen molar-refractivity contribution in [1.82, 2.24) is 9.47 Å². The highest BCUT2D eigenvalue weighted by Gasteiger charge is 2.42. The molecule has 3 aromatic rings. The van der Waals surface area contributed by atoms with E-state index in [0.29, 0.717) is 24.2 Å². The maximum atomic E-state index is 14.6. The normalized spacial score (nSPS) is 21.4. The summed E-state index contributed by atoms with van der Waals surface area (Å²) < 4.78 is 30.4. The van der Waals surface area contributed by atoms with Gasteiger partial charge in [-0.15, -0.1) is 0 Å². The van der Waals surface area contributed by atoms with E-state index in [2.05, 4.69) is 41.5 Å². The fourth-order valence-corrected chi connectivity index (χ4v) is 5.98. The molecule has 0 saturated carbocycles.